The summed E-state index contributed by atoms with van der Waals surface area (Å²) in [6.45, 7) is 0.639. The van der Waals surface area contributed by atoms with E-state index in [1.807, 2.05) is 24.4 Å². The predicted octanol–water partition coefficient (Wildman–Crippen LogP) is 0.672. The lowest BCUT2D eigenvalue weighted by atomic mass is 10.2. The van der Waals surface area contributed by atoms with Crippen LogP contribution in [0.2, 0.25) is 0 Å². The van der Waals surface area contributed by atoms with Crippen LogP contribution in [0.4, 0.5) is 5.69 Å². The summed E-state index contributed by atoms with van der Waals surface area (Å²) in [4.78, 5) is 22.2. The van der Waals surface area contributed by atoms with Crippen molar-refractivity contribution in [3.8, 4) is 0 Å². The summed E-state index contributed by atoms with van der Waals surface area (Å²) in [6.07, 6.45) is 3.17. The fourth-order valence-electron chi connectivity index (χ4n) is 1.79. The van der Waals surface area contributed by atoms with Crippen molar-refractivity contribution in [3.05, 3.63) is 48.3 Å². The summed E-state index contributed by atoms with van der Waals surface area (Å²) in [5, 5.41) is 15.3. The molecule has 0 fully saturated rings. The Hall–Kier alpha value is -2.67. The Balaban J connectivity index is 1.93. The zero-order chi connectivity index (χ0) is 15.2. The van der Waals surface area contributed by atoms with Crippen molar-refractivity contribution in [2.75, 3.05) is 5.32 Å². The van der Waals surface area contributed by atoms with Crippen LogP contribution in [0.15, 0.2) is 42.7 Å². The molecule has 7 heteroatoms. The van der Waals surface area contributed by atoms with Crippen LogP contribution in [0.25, 0.3) is 0 Å². The quantitative estimate of drug-likeness (QED) is 0.723. The highest BCUT2D eigenvalue weighted by atomic mass is 16.4. The van der Waals surface area contributed by atoms with Gasteiger partial charge in [0.1, 0.15) is 0 Å². The van der Waals surface area contributed by atoms with Crippen LogP contribution < -0.4 is 11.1 Å². The van der Waals surface area contributed by atoms with E-state index >= 15 is 0 Å². The number of hydrogen-bond acceptors (Lipinski definition) is 4. The Bertz CT molecular complexity index is 608. The van der Waals surface area contributed by atoms with Gasteiger partial charge in [-0.25, -0.2) is 0 Å². The zero-order valence-corrected chi connectivity index (χ0v) is 11.3. The molecule has 4 N–H and O–H groups in total. The molecule has 1 heterocycles. The second-order valence-corrected chi connectivity index (χ2v) is 4.59. The van der Waals surface area contributed by atoms with E-state index < -0.39 is 24.3 Å². The summed E-state index contributed by atoms with van der Waals surface area (Å²) in [5.74, 6) is -1.62. The smallest absolute Gasteiger partial charge is 0.305 e. The standard InChI is InChI=1S/C14H16N4O3/c15-12(8-13(19)20)14(21)17-11-4-2-10(3-5-11)9-18-7-1-6-16-18/h1-7,12H,8-9,15H2,(H,17,21)(H,19,20). The minimum Gasteiger partial charge on any atom is -0.481 e. The number of carboxylic acid groups (broad SMARTS) is 1. The number of amides is 1. The minimum atomic E-state index is -1.10. The van der Waals surface area contributed by atoms with Gasteiger partial charge in [0, 0.05) is 18.1 Å². The number of nitrogens with one attached hydrogen (secondary N) is 1. The van der Waals surface area contributed by atoms with Gasteiger partial charge >= 0.3 is 5.97 Å². The molecule has 0 radical (unpaired) electrons. The third-order valence-corrected chi connectivity index (χ3v) is 2.86. The number of carbonyl (C=O) groups is 2. The fourth-order valence-corrected chi connectivity index (χ4v) is 1.79. The second kappa shape index (κ2) is 6.67. The molecule has 0 bridgehead atoms. The fraction of sp³-hybridized carbons (Fsp3) is 0.214. The summed E-state index contributed by atoms with van der Waals surface area (Å²) in [6, 6.07) is 7.98. The topological polar surface area (TPSA) is 110 Å². The number of rotatable bonds is 6. The molecule has 0 aliphatic rings. The van der Waals surface area contributed by atoms with Crippen molar-refractivity contribution < 1.29 is 14.7 Å². The lowest BCUT2D eigenvalue weighted by Crippen LogP contribution is -2.37. The molecule has 1 aromatic heterocycles. The van der Waals surface area contributed by atoms with Gasteiger partial charge in [-0.2, -0.15) is 5.10 Å². The van der Waals surface area contributed by atoms with E-state index in [-0.39, 0.29) is 0 Å². The number of anilines is 1. The number of aliphatic carboxylic acids is 1. The third kappa shape index (κ3) is 4.43. The largest absolute Gasteiger partial charge is 0.481 e. The van der Waals surface area contributed by atoms with Gasteiger partial charge < -0.3 is 16.2 Å². The van der Waals surface area contributed by atoms with Crippen molar-refractivity contribution in [1.29, 1.82) is 0 Å². The van der Waals surface area contributed by atoms with Crippen LogP contribution >= 0.6 is 0 Å². The first-order valence-corrected chi connectivity index (χ1v) is 6.39. The van der Waals surface area contributed by atoms with E-state index in [0.29, 0.717) is 12.2 Å². The summed E-state index contributed by atoms with van der Waals surface area (Å²) < 4.78 is 1.79. The Morgan fingerprint density at radius 1 is 1.33 bits per heavy atom. The van der Waals surface area contributed by atoms with Crippen LogP contribution in [-0.4, -0.2) is 32.8 Å². The van der Waals surface area contributed by atoms with Crippen molar-refractivity contribution in [1.82, 2.24) is 9.78 Å². The van der Waals surface area contributed by atoms with Crippen molar-refractivity contribution >= 4 is 17.6 Å². The van der Waals surface area contributed by atoms with Gasteiger partial charge in [0.05, 0.1) is 19.0 Å². The monoisotopic (exact) mass is 288 g/mol. The summed E-state index contributed by atoms with van der Waals surface area (Å²) in [5.41, 5.74) is 7.09. The Morgan fingerprint density at radius 3 is 2.62 bits per heavy atom. The first-order chi connectivity index (χ1) is 10.0. The molecule has 0 saturated carbocycles. The molecule has 7 nitrogen and oxygen atoms in total. The van der Waals surface area contributed by atoms with Gasteiger partial charge in [0.15, 0.2) is 0 Å². The molecule has 110 valence electrons. The van der Waals surface area contributed by atoms with Gasteiger partial charge in [-0.3, -0.25) is 14.3 Å². The van der Waals surface area contributed by atoms with Gasteiger partial charge in [-0.1, -0.05) is 12.1 Å². The Kier molecular flexibility index (Phi) is 4.68. The molecule has 2 rings (SSSR count). The SMILES string of the molecule is NC(CC(=O)O)C(=O)Nc1ccc(Cn2cccn2)cc1. The van der Waals surface area contributed by atoms with Crippen molar-refractivity contribution in [2.45, 2.75) is 19.0 Å². The molecule has 0 saturated heterocycles. The van der Waals surface area contributed by atoms with E-state index in [4.69, 9.17) is 10.8 Å². The number of nitrogens with two attached hydrogens (primary N) is 1. The third-order valence-electron chi connectivity index (χ3n) is 2.86. The van der Waals surface area contributed by atoms with Crippen LogP contribution in [0.5, 0.6) is 0 Å². The van der Waals surface area contributed by atoms with E-state index in [1.54, 1.807) is 23.0 Å². The normalized spacial score (nSPS) is 11.9. The van der Waals surface area contributed by atoms with E-state index in [2.05, 4.69) is 10.4 Å². The van der Waals surface area contributed by atoms with Crippen LogP contribution in [0.1, 0.15) is 12.0 Å². The number of carbonyl (C=O) groups excluding carboxylic acids is 1. The summed E-state index contributed by atoms with van der Waals surface area (Å²) in [7, 11) is 0. The lowest BCUT2D eigenvalue weighted by molar-refractivity contribution is -0.138. The highest BCUT2D eigenvalue weighted by Gasteiger charge is 2.16. The zero-order valence-electron chi connectivity index (χ0n) is 11.3. The molecule has 0 aliphatic heterocycles. The highest BCUT2D eigenvalue weighted by Crippen LogP contribution is 2.11. The number of carboxylic acids is 1. The predicted molar refractivity (Wildman–Crippen MR) is 76.6 cm³/mol. The van der Waals surface area contributed by atoms with Crippen molar-refractivity contribution in [2.24, 2.45) is 5.73 Å². The minimum absolute atomic E-state index is 0.400. The Morgan fingerprint density at radius 2 is 2.05 bits per heavy atom. The number of aromatic nitrogens is 2. The first kappa shape index (κ1) is 14.7. The molecule has 0 aliphatic carbocycles. The van der Waals surface area contributed by atoms with E-state index in [1.165, 1.54) is 0 Å². The molecule has 1 aromatic carbocycles. The van der Waals surface area contributed by atoms with E-state index in [0.717, 1.165) is 5.56 Å². The average Bonchev–Trinajstić information content (AvgIpc) is 2.93. The average molecular weight is 288 g/mol. The maximum absolute atomic E-state index is 11.7. The van der Waals surface area contributed by atoms with Gasteiger partial charge in [-0.05, 0) is 23.8 Å². The molecule has 2 aromatic rings. The highest BCUT2D eigenvalue weighted by molar-refractivity contribution is 5.96. The van der Waals surface area contributed by atoms with Gasteiger partial charge in [0.2, 0.25) is 5.91 Å². The van der Waals surface area contributed by atoms with E-state index in [9.17, 15) is 9.59 Å². The molecule has 0 spiro atoms. The van der Waals surface area contributed by atoms with Gasteiger partial charge in [0.25, 0.3) is 0 Å². The second-order valence-electron chi connectivity index (χ2n) is 4.59. The maximum atomic E-state index is 11.7. The Labute approximate surface area is 121 Å². The molecule has 1 amide bonds. The molecule has 21 heavy (non-hydrogen) atoms. The number of benzene rings is 1. The molecular formula is C14H16N4O3. The molecule has 1 unspecified atom stereocenters. The number of hydrogen-bond donors (Lipinski definition) is 3. The van der Waals surface area contributed by atoms with Gasteiger partial charge in [-0.15, -0.1) is 0 Å². The van der Waals surface area contributed by atoms with Crippen LogP contribution in [-0.2, 0) is 16.1 Å². The van der Waals surface area contributed by atoms with Crippen molar-refractivity contribution in [3.63, 3.8) is 0 Å². The van der Waals surface area contributed by atoms with Crippen LogP contribution in [0.3, 0.4) is 0 Å². The molecular weight excluding hydrogens is 272 g/mol. The lowest BCUT2D eigenvalue weighted by Gasteiger charge is -2.10. The summed E-state index contributed by atoms with van der Waals surface area (Å²) >= 11 is 0. The first-order valence-electron chi connectivity index (χ1n) is 6.39. The number of nitrogens with zero attached hydrogens (tertiary/aromatic N) is 2. The molecule has 1 atom stereocenters. The maximum Gasteiger partial charge on any atom is 0.305 e. The van der Waals surface area contributed by atoms with Crippen LogP contribution in [0, 0.1) is 0 Å².